The Labute approximate surface area is 210 Å². The summed E-state index contributed by atoms with van der Waals surface area (Å²) in [5.41, 5.74) is 0. The second kappa shape index (κ2) is 24.9. The van der Waals surface area contributed by atoms with Gasteiger partial charge >= 0.3 is 0 Å². The normalized spacial score (nSPS) is 14.6. The van der Waals surface area contributed by atoms with E-state index < -0.39 is 24.2 Å². The molecular formula is C29H55NO4. The van der Waals surface area contributed by atoms with Gasteiger partial charge in [-0.2, -0.15) is 0 Å². The van der Waals surface area contributed by atoms with Crippen molar-refractivity contribution < 1.29 is 20.1 Å². The summed E-state index contributed by atoms with van der Waals surface area (Å²) < 4.78 is 0. The zero-order valence-electron chi connectivity index (χ0n) is 22.2. The van der Waals surface area contributed by atoms with Crippen molar-refractivity contribution in [2.24, 2.45) is 0 Å². The van der Waals surface area contributed by atoms with Crippen LogP contribution in [0, 0.1) is 0 Å². The molecule has 3 unspecified atom stereocenters. The number of aliphatic hydroxyl groups is 3. The first-order chi connectivity index (χ1) is 16.6. The summed E-state index contributed by atoms with van der Waals surface area (Å²) in [7, 11) is 0. The molecule has 0 rings (SSSR count). The highest BCUT2D eigenvalue weighted by molar-refractivity contribution is 5.80. The molecule has 0 aromatic heterocycles. The van der Waals surface area contributed by atoms with Crippen LogP contribution >= 0.6 is 0 Å². The van der Waals surface area contributed by atoms with Crippen LogP contribution in [0.1, 0.15) is 129 Å². The third kappa shape index (κ3) is 20.2. The van der Waals surface area contributed by atoms with Crippen molar-refractivity contribution in [2.45, 2.75) is 148 Å². The highest BCUT2D eigenvalue weighted by Gasteiger charge is 2.22. The minimum absolute atomic E-state index is 0.333. The van der Waals surface area contributed by atoms with Crippen molar-refractivity contribution in [3.8, 4) is 0 Å². The lowest BCUT2D eigenvalue weighted by Crippen LogP contribution is -2.48. The SMILES string of the molecule is CCCCCC/C=C\CCC(O)C(=O)NC(CO)C(O)/C=C/CCCCCCCCCCCC. The summed E-state index contributed by atoms with van der Waals surface area (Å²) in [6.45, 7) is 4.06. The number of nitrogens with one attached hydrogen (secondary N) is 1. The summed E-state index contributed by atoms with van der Waals surface area (Å²) in [5, 5.41) is 32.5. The monoisotopic (exact) mass is 481 g/mol. The zero-order valence-corrected chi connectivity index (χ0v) is 22.2. The van der Waals surface area contributed by atoms with Gasteiger partial charge in [-0.1, -0.05) is 115 Å². The number of allylic oxidation sites excluding steroid dienone is 3. The highest BCUT2D eigenvalue weighted by atomic mass is 16.3. The van der Waals surface area contributed by atoms with E-state index in [9.17, 15) is 20.1 Å². The van der Waals surface area contributed by atoms with Gasteiger partial charge in [0.05, 0.1) is 18.8 Å². The van der Waals surface area contributed by atoms with Crippen LogP contribution in [-0.2, 0) is 4.79 Å². The number of carbonyl (C=O) groups excluding carboxylic acids is 1. The molecule has 5 nitrogen and oxygen atoms in total. The van der Waals surface area contributed by atoms with Gasteiger partial charge in [-0.05, 0) is 38.5 Å². The highest BCUT2D eigenvalue weighted by Crippen LogP contribution is 2.12. The molecule has 0 aromatic rings. The number of hydrogen-bond acceptors (Lipinski definition) is 4. The zero-order chi connectivity index (χ0) is 25.3. The Morgan fingerprint density at radius 2 is 1.18 bits per heavy atom. The standard InChI is InChI=1S/C29H55NO4/c1-3-5-7-9-11-13-14-15-16-18-19-21-23-27(32)26(25-31)30-29(34)28(33)24-22-20-17-12-10-8-6-4-2/h17,20-21,23,26-28,31-33H,3-16,18-19,22,24-25H2,1-2H3,(H,30,34)/b20-17-,23-21+. The third-order valence-corrected chi connectivity index (χ3v) is 6.29. The Hall–Kier alpha value is -1.17. The Balaban J connectivity index is 3.93. The Bertz CT molecular complexity index is 506. The molecule has 34 heavy (non-hydrogen) atoms. The van der Waals surface area contributed by atoms with Crippen molar-refractivity contribution >= 4 is 5.91 Å². The number of aliphatic hydroxyl groups excluding tert-OH is 3. The summed E-state index contributed by atoms with van der Waals surface area (Å²) in [6, 6.07) is -0.805. The topological polar surface area (TPSA) is 89.8 Å². The van der Waals surface area contributed by atoms with E-state index in [2.05, 4.69) is 25.2 Å². The molecule has 0 heterocycles. The summed E-state index contributed by atoms with van der Waals surface area (Å²) in [6.07, 6.45) is 26.3. The first kappa shape index (κ1) is 32.8. The third-order valence-electron chi connectivity index (χ3n) is 6.29. The lowest BCUT2D eigenvalue weighted by Gasteiger charge is -2.21. The number of hydrogen-bond donors (Lipinski definition) is 4. The van der Waals surface area contributed by atoms with Crippen LogP contribution in [0.25, 0.3) is 0 Å². The van der Waals surface area contributed by atoms with E-state index in [0.29, 0.717) is 12.8 Å². The van der Waals surface area contributed by atoms with Crippen molar-refractivity contribution in [3.05, 3.63) is 24.3 Å². The van der Waals surface area contributed by atoms with Crippen LogP contribution in [0.15, 0.2) is 24.3 Å². The van der Waals surface area contributed by atoms with Crippen molar-refractivity contribution in [1.82, 2.24) is 5.32 Å². The molecular weight excluding hydrogens is 426 g/mol. The Kier molecular flexibility index (Phi) is 24.1. The number of unbranched alkanes of at least 4 members (excludes halogenated alkanes) is 14. The number of rotatable bonds is 24. The largest absolute Gasteiger partial charge is 0.394 e. The van der Waals surface area contributed by atoms with E-state index in [0.717, 1.165) is 19.3 Å². The van der Waals surface area contributed by atoms with Gasteiger partial charge in [-0.25, -0.2) is 0 Å². The fraction of sp³-hybridized carbons (Fsp3) is 0.828. The molecule has 200 valence electrons. The predicted octanol–water partition coefficient (Wildman–Crippen LogP) is 6.36. The molecule has 0 aliphatic carbocycles. The molecule has 5 heteroatoms. The molecule has 0 aromatic carbocycles. The van der Waals surface area contributed by atoms with Crippen molar-refractivity contribution in [3.63, 3.8) is 0 Å². The molecule has 0 aliphatic rings. The molecule has 0 radical (unpaired) electrons. The van der Waals surface area contributed by atoms with Crippen molar-refractivity contribution in [1.29, 1.82) is 0 Å². The minimum Gasteiger partial charge on any atom is -0.394 e. The Morgan fingerprint density at radius 3 is 1.74 bits per heavy atom. The van der Waals surface area contributed by atoms with Gasteiger partial charge in [0.2, 0.25) is 5.91 Å². The van der Waals surface area contributed by atoms with Gasteiger partial charge in [-0.15, -0.1) is 0 Å². The van der Waals surface area contributed by atoms with Gasteiger partial charge in [0.1, 0.15) is 6.10 Å². The first-order valence-corrected chi connectivity index (χ1v) is 14.2. The molecule has 0 bridgehead atoms. The molecule has 3 atom stereocenters. The lowest BCUT2D eigenvalue weighted by atomic mass is 10.1. The lowest BCUT2D eigenvalue weighted by molar-refractivity contribution is -0.131. The molecule has 0 aliphatic heterocycles. The predicted molar refractivity (Wildman–Crippen MR) is 144 cm³/mol. The minimum atomic E-state index is -1.14. The maximum absolute atomic E-state index is 12.2. The van der Waals surface area contributed by atoms with E-state index in [1.54, 1.807) is 6.08 Å². The average molecular weight is 482 g/mol. The molecule has 0 saturated carbocycles. The second-order valence-electron chi connectivity index (χ2n) is 9.60. The van der Waals surface area contributed by atoms with Gasteiger partial charge in [0.15, 0.2) is 0 Å². The van der Waals surface area contributed by atoms with Crippen LogP contribution in [0.4, 0.5) is 0 Å². The van der Waals surface area contributed by atoms with E-state index in [1.165, 1.54) is 83.5 Å². The fourth-order valence-electron chi connectivity index (χ4n) is 3.95. The van der Waals surface area contributed by atoms with E-state index in [4.69, 9.17) is 0 Å². The smallest absolute Gasteiger partial charge is 0.249 e. The van der Waals surface area contributed by atoms with Crippen LogP contribution < -0.4 is 5.32 Å². The van der Waals surface area contributed by atoms with Crippen LogP contribution in [0.5, 0.6) is 0 Å². The van der Waals surface area contributed by atoms with Crippen LogP contribution in [-0.4, -0.2) is 46.1 Å². The van der Waals surface area contributed by atoms with Crippen LogP contribution in [0.3, 0.4) is 0 Å². The van der Waals surface area contributed by atoms with E-state index in [1.807, 2.05) is 12.2 Å². The molecule has 4 N–H and O–H groups in total. The maximum Gasteiger partial charge on any atom is 0.249 e. The van der Waals surface area contributed by atoms with Gasteiger partial charge in [0.25, 0.3) is 0 Å². The molecule has 0 saturated heterocycles. The van der Waals surface area contributed by atoms with E-state index in [-0.39, 0.29) is 6.61 Å². The molecule has 1 amide bonds. The summed E-state index contributed by atoms with van der Waals surface area (Å²) >= 11 is 0. The second-order valence-corrected chi connectivity index (χ2v) is 9.60. The van der Waals surface area contributed by atoms with Crippen molar-refractivity contribution in [2.75, 3.05) is 6.61 Å². The van der Waals surface area contributed by atoms with E-state index >= 15 is 0 Å². The average Bonchev–Trinajstić information content (AvgIpc) is 2.84. The number of carbonyl (C=O) groups is 1. The molecule has 0 spiro atoms. The summed E-state index contributed by atoms with van der Waals surface area (Å²) in [5.74, 6) is -0.544. The quantitative estimate of drug-likeness (QED) is 0.0954. The Morgan fingerprint density at radius 1 is 0.706 bits per heavy atom. The van der Waals surface area contributed by atoms with Gasteiger partial charge in [0, 0.05) is 0 Å². The first-order valence-electron chi connectivity index (χ1n) is 14.2. The summed E-state index contributed by atoms with van der Waals surface area (Å²) in [4.78, 5) is 12.2. The fourth-order valence-corrected chi connectivity index (χ4v) is 3.95. The van der Waals surface area contributed by atoms with Gasteiger partial charge < -0.3 is 20.6 Å². The number of amides is 1. The maximum atomic E-state index is 12.2. The molecule has 0 fully saturated rings. The van der Waals surface area contributed by atoms with Gasteiger partial charge in [-0.3, -0.25) is 4.79 Å². The van der Waals surface area contributed by atoms with Crippen LogP contribution in [0.2, 0.25) is 0 Å².